The van der Waals surface area contributed by atoms with Gasteiger partial charge < -0.3 is 21.4 Å². The van der Waals surface area contributed by atoms with Gasteiger partial charge in [0.15, 0.2) is 0 Å². The van der Waals surface area contributed by atoms with Gasteiger partial charge in [0, 0.05) is 18.2 Å². The quantitative estimate of drug-likeness (QED) is 0.541. The highest BCUT2D eigenvalue weighted by atomic mass is 35.5. The van der Waals surface area contributed by atoms with Gasteiger partial charge in [-0.25, -0.2) is 0 Å². The van der Waals surface area contributed by atoms with Crippen molar-refractivity contribution in [3.8, 4) is 0 Å². The average molecular weight is 366 g/mol. The van der Waals surface area contributed by atoms with Crippen LogP contribution in [0.25, 0.3) is 0 Å². The first-order valence-electron chi connectivity index (χ1n) is 7.38. The number of nitrogens with two attached hydrogens (primary N) is 2. The maximum absolute atomic E-state index is 12.5. The zero-order valence-electron chi connectivity index (χ0n) is 13.0. The molecular weight excluding hydrogens is 348 g/mol. The number of hydrogen-bond donors (Lipinski definition) is 3. The van der Waals surface area contributed by atoms with Gasteiger partial charge in [0.05, 0.1) is 10.0 Å². The van der Waals surface area contributed by atoms with Gasteiger partial charge in [-0.1, -0.05) is 23.2 Å². The Labute approximate surface area is 152 Å². The van der Waals surface area contributed by atoms with Crippen LogP contribution in [0.1, 0.15) is 11.1 Å². The fourth-order valence-corrected chi connectivity index (χ4v) is 3.05. The molecule has 2 radical (unpaired) electrons. The third-order valence-electron chi connectivity index (χ3n) is 3.96. The molecule has 0 aliphatic heterocycles. The monoisotopic (exact) mass is 365 g/mol. The van der Waals surface area contributed by atoms with Gasteiger partial charge in [-0.3, -0.25) is 4.79 Å². The predicted molar refractivity (Wildman–Crippen MR) is 96.4 cm³/mol. The fourth-order valence-electron chi connectivity index (χ4n) is 2.68. The Morgan fingerprint density at radius 3 is 2.42 bits per heavy atom. The summed E-state index contributed by atoms with van der Waals surface area (Å²) in [7, 11) is 5.81. The number of aliphatic hydroxyl groups is 1. The molecule has 0 fully saturated rings. The summed E-state index contributed by atoms with van der Waals surface area (Å²) in [6, 6.07) is 3.56. The lowest BCUT2D eigenvalue weighted by atomic mass is 10.0. The SMILES string of the molecule is [B]N(CC(O)/C(N)=C/C=C\N)C(=O)C1Cc2cc(Cl)c(Cl)cc2C1. The number of carbonyl (C=O) groups is 1. The van der Waals surface area contributed by atoms with E-state index in [-0.39, 0.29) is 24.1 Å². The first-order chi connectivity index (χ1) is 11.3. The molecule has 8 heteroatoms. The average Bonchev–Trinajstić information content (AvgIpc) is 2.94. The molecule has 1 atom stereocenters. The molecule has 0 heterocycles. The Morgan fingerprint density at radius 2 is 1.92 bits per heavy atom. The molecule has 0 bridgehead atoms. The van der Waals surface area contributed by atoms with Gasteiger partial charge >= 0.3 is 0 Å². The largest absolute Gasteiger partial charge is 0.405 e. The number of benzene rings is 1. The molecular formula is C16H18BCl2N3O2. The van der Waals surface area contributed by atoms with Crippen molar-refractivity contribution in [3.63, 3.8) is 0 Å². The summed E-state index contributed by atoms with van der Waals surface area (Å²) in [5.74, 6) is -0.569. The van der Waals surface area contributed by atoms with E-state index in [1.165, 1.54) is 18.4 Å². The highest BCUT2D eigenvalue weighted by molar-refractivity contribution is 6.42. The van der Waals surface area contributed by atoms with E-state index in [0.29, 0.717) is 22.9 Å². The number of hydrogen-bond acceptors (Lipinski definition) is 4. The number of amides is 1. The van der Waals surface area contributed by atoms with E-state index in [1.807, 2.05) is 0 Å². The third kappa shape index (κ3) is 4.26. The van der Waals surface area contributed by atoms with Gasteiger partial charge in [-0.05, 0) is 54.5 Å². The number of fused-ring (bicyclic) bond motifs is 1. The molecule has 2 rings (SSSR count). The molecule has 1 aromatic carbocycles. The summed E-state index contributed by atoms with van der Waals surface area (Å²) in [4.78, 5) is 13.5. The van der Waals surface area contributed by atoms with E-state index in [9.17, 15) is 9.90 Å². The smallest absolute Gasteiger partial charge is 0.230 e. The summed E-state index contributed by atoms with van der Waals surface area (Å²) in [6.45, 7) is -0.103. The van der Waals surface area contributed by atoms with Crippen molar-refractivity contribution in [3.05, 3.63) is 57.4 Å². The van der Waals surface area contributed by atoms with Crippen LogP contribution in [0.3, 0.4) is 0 Å². The van der Waals surface area contributed by atoms with Gasteiger partial charge in [0.1, 0.15) is 6.10 Å². The lowest BCUT2D eigenvalue weighted by Crippen LogP contribution is -2.41. The molecule has 5 N–H and O–H groups in total. The van der Waals surface area contributed by atoms with Gasteiger partial charge in [0.25, 0.3) is 0 Å². The summed E-state index contributed by atoms with van der Waals surface area (Å²) < 4.78 is 0. The minimum Gasteiger partial charge on any atom is -0.405 e. The summed E-state index contributed by atoms with van der Waals surface area (Å²) in [6.07, 6.45) is 4.24. The second-order valence-corrected chi connectivity index (χ2v) is 6.51. The van der Waals surface area contributed by atoms with Crippen molar-refractivity contribution in [2.75, 3.05) is 6.54 Å². The highest BCUT2D eigenvalue weighted by Gasteiger charge is 2.30. The number of nitrogens with zero attached hydrogens (tertiary/aromatic N) is 1. The van der Waals surface area contributed by atoms with Crippen LogP contribution in [0.5, 0.6) is 0 Å². The standard InChI is InChI=1S/C16H18BCl2N3O2/c17-22(8-15(23)14(21)2-1-3-20)16(24)11-4-9-6-12(18)13(19)7-10(9)5-11/h1-3,6-7,11,15,23H,4-5,8,20-21H2/b3-1-,14-2-. The molecule has 0 saturated heterocycles. The minimum absolute atomic E-state index is 0.103. The van der Waals surface area contributed by atoms with Crippen LogP contribution in [0.2, 0.25) is 10.0 Å². The predicted octanol–water partition coefficient (Wildman–Crippen LogP) is 1.30. The van der Waals surface area contributed by atoms with Crippen LogP contribution < -0.4 is 11.5 Å². The molecule has 126 valence electrons. The zero-order valence-corrected chi connectivity index (χ0v) is 14.5. The first kappa shape index (κ1) is 18.7. The Hall–Kier alpha value is -1.63. The lowest BCUT2D eigenvalue weighted by Gasteiger charge is -2.24. The molecule has 0 aromatic heterocycles. The Balaban J connectivity index is 2.00. The minimum atomic E-state index is -1.07. The lowest BCUT2D eigenvalue weighted by molar-refractivity contribution is -0.131. The van der Waals surface area contributed by atoms with Crippen LogP contribution >= 0.6 is 23.2 Å². The fraction of sp³-hybridized carbons (Fsp3) is 0.312. The van der Waals surface area contributed by atoms with E-state index >= 15 is 0 Å². The molecule has 0 saturated carbocycles. The Kier molecular flexibility index (Phi) is 6.21. The first-order valence-corrected chi connectivity index (χ1v) is 8.14. The van der Waals surface area contributed by atoms with Gasteiger partial charge in [-0.2, -0.15) is 0 Å². The van der Waals surface area contributed by atoms with Crippen molar-refractivity contribution in [2.45, 2.75) is 18.9 Å². The normalized spacial score (nSPS) is 16.4. The maximum Gasteiger partial charge on any atom is 0.230 e. The summed E-state index contributed by atoms with van der Waals surface area (Å²) in [5, 5.41) is 10.9. The topological polar surface area (TPSA) is 92.6 Å². The van der Waals surface area contributed by atoms with Crippen molar-refractivity contribution < 1.29 is 9.90 Å². The van der Waals surface area contributed by atoms with Crippen molar-refractivity contribution >= 4 is 37.1 Å². The highest BCUT2D eigenvalue weighted by Crippen LogP contribution is 2.34. The summed E-state index contributed by atoms with van der Waals surface area (Å²) in [5.41, 5.74) is 13.0. The number of rotatable bonds is 5. The molecule has 5 nitrogen and oxygen atoms in total. The summed E-state index contributed by atoms with van der Waals surface area (Å²) >= 11 is 12.0. The Bertz CT molecular complexity index is 663. The maximum atomic E-state index is 12.5. The van der Waals surface area contributed by atoms with Crippen molar-refractivity contribution in [1.29, 1.82) is 0 Å². The molecule has 1 aromatic rings. The van der Waals surface area contributed by atoms with E-state index in [4.69, 9.17) is 42.7 Å². The van der Waals surface area contributed by atoms with E-state index < -0.39 is 6.10 Å². The van der Waals surface area contributed by atoms with Crippen LogP contribution in [0.15, 0.2) is 36.2 Å². The second kappa shape index (κ2) is 7.97. The third-order valence-corrected chi connectivity index (χ3v) is 4.68. The number of aliphatic hydroxyl groups excluding tert-OH is 1. The van der Waals surface area contributed by atoms with Crippen LogP contribution in [-0.4, -0.2) is 36.5 Å². The van der Waals surface area contributed by atoms with E-state index in [2.05, 4.69) is 0 Å². The van der Waals surface area contributed by atoms with Crippen LogP contribution in [0, 0.1) is 5.92 Å². The van der Waals surface area contributed by atoms with Gasteiger partial charge in [-0.15, -0.1) is 0 Å². The van der Waals surface area contributed by atoms with Crippen molar-refractivity contribution in [1.82, 2.24) is 4.81 Å². The van der Waals surface area contributed by atoms with E-state index in [1.54, 1.807) is 12.1 Å². The van der Waals surface area contributed by atoms with Crippen LogP contribution in [0.4, 0.5) is 0 Å². The van der Waals surface area contributed by atoms with Crippen LogP contribution in [-0.2, 0) is 17.6 Å². The number of carbonyl (C=O) groups excluding carboxylic acids is 1. The number of allylic oxidation sites excluding steroid dienone is 2. The molecule has 0 spiro atoms. The molecule has 1 amide bonds. The second-order valence-electron chi connectivity index (χ2n) is 5.70. The van der Waals surface area contributed by atoms with Gasteiger partial charge in [0.2, 0.25) is 13.9 Å². The van der Waals surface area contributed by atoms with Crippen molar-refractivity contribution in [2.24, 2.45) is 17.4 Å². The van der Waals surface area contributed by atoms with E-state index in [0.717, 1.165) is 15.9 Å². The number of halogens is 2. The molecule has 1 unspecified atom stereocenters. The molecule has 1 aliphatic carbocycles. The molecule has 24 heavy (non-hydrogen) atoms. The molecule has 1 aliphatic rings. The zero-order chi connectivity index (χ0) is 17.9. The Morgan fingerprint density at radius 1 is 1.38 bits per heavy atom.